The number of nitrogens with zero attached hydrogens (tertiary/aromatic N) is 1. The number of aromatic nitrogens is 1. The maximum Gasteiger partial charge on any atom is 0.355 e. The van der Waals surface area contributed by atoms with Gasteiger partial charge in [-0.25, -0.2) is 9.78 Å². The summed E-state index contributed by atoms with van der Waals surface area (Å²) in [7, 11) is 0. The van der Waals surface area contributed by atoms with E-state index in [9.17, 15) is 9.59 Å². The molecule has 0 saturated heterocycles. The van der Waals surface area contributed by atoms with Crippen LogP contribution in [0.4, 0.5) is 0 Å². The lowest BCUT2D eigenvalue weighted by atomic mass is 9.98. The lowest BCUT2D eigenvalue weighted by Gasteiger charge is -2.18. The number of rotatable bonds is 3. The highest BCUT2D eigenvalue weighted by molar-refractivity contribution is 7.11. The first-order valence-electron chi connectivity index (χ1n) is 5.98. The molecule has 3 unspecified atom stereocenters. The summed E-state index contributed by atoms with van der Waals surface area (Å²) in [6.07, 6.45) is 2.09. The van der Waals surface area contributed by atoms with Crippen molar-refractivity contribution in [3.05, 3.63) is 16.1 Å². The van der Waals surface area contributed by atoms with Crippen LogP contribution in [0.25, 0.3) is 0 Å². The number of hydrogen-bond donors (Lipinski definition) is 2. The van der Waals surface area contributed by atoms with E-state index in [1.807, 2.05) is 0 Å². The number of nitrogens with one attached hydrogen (secondary N) is 1. The van der Waals surface area contributed by atoms with Gasteiger partial charge < -0.3 is 10.4 Å². The van der Waals surface area contributed by atoms with Gasteiger partial charge in [0.15, 0.2) is 10.7 Å². The predicted octanol–water partition coefficient (Wildman–Crippen LogP) is 2.01. The lowest BCUT2D eigenvalue weighted by Crippen LogP contribution is -2.37. The van der Waals surface area contributed by atoms with Gasteiger partial charge >= 0.3 is 5.97 Å². The summed E-state index contributed by atoms with van der Waals surface area (Å²) < 4.78 is 0. The van der Waals surface area contributed by atoms with Gasteiger partial charge in [0.25, 0.3) is 5.91 Å². The minimum absolute atomic E-state index is 0.0713. The van der Waals surface area contributed by atoms with E-state index < -0.39 is 5.97 Å². The number of carbonyl (C=O) groups excluding carboxylic acids is 1. The van der Waals surface area contributed by atoms with E-state index >= 15 is 0 Å². The number of carbonyl (C=O) groups is 2. The fourth-order valence-electron chi connectivity index (χ4n) is 2.27. The normalized spacial score (nSPS) is 27.1. The quantitative estimate of drug-likeness (QED) is 0.878. The Kier molecular flexibility index (Phi) is 3.65. The molecule has 6 heteroatoms. The first-order valence-corrected chi connectivity index (χ1v) is 6.86. The van der Waals surface area contributed by atoms with E-state index in [1.165, 1.54) is 5.38 Å². The van der Waals surface area contributed by atoms with Gasteiger partial charge in [-0.2, -0.15) is 0 Å². The van der Waals surface area contributed by atoms with Crippen LogP contribution in [0.2, 0.25) is 0 Å². The van der Waals surface area contributed by atoms with E-state index in [-0.39, 0.29) is 22.7 Å². The monoisotopic (exact) mass is 268 g/mol. The van der Waals surface area contributed by atoms with Crippen LogP contribution in [0.1, 0.15) is 47.0 Å². The molecule has 0 aliphatic heterocycles. The van der Waals surface area contributed by atoms with Crippen molar-refractivity contribution in [2.45, 2.75) is 32.7 Å². The molecule has 1 fully saturated rings. The van der Waals surface area contributed by atoms with Crippen molar-refractivity contribution in [1.29, 1.82) is 0 Å². The molecule has 0 radical (unpaired) electrons. The van der Waals surface area contributed by atoms with Crippen LogP contribution in [-0.2, 0) is 0 Å². The standard InChI is InChI=1S/C12H16N2O3S/c1-6-3-4-8(7(6)2)13-10(15)11-14-9(5-18-11)12(16)17/h5-8H,3-4H2,1-2H3,(H,13,15)(H,16,17). The van der Waals surface area contributed by atoms with Gasteiger partial charge in [-0.3, -0.25) is 4.79 Å². The molecule has 1 saturated carbocycles. The molecule has 2 rings (SSSR count). The number of thiazole rings is 1. The molecule has 1 aromatic heterocycles. The molecule has 0 aromatic carbocycles. The van der Waals surface area contributed by atoms with Crippen LogP contribution in [0.3, 0.4) is 0 Å². The highest BCUT2D eigenvalue weighted by atomic mass is 32.1. The van der Waals surface area contributed by atoms with Crippen LogP contribution in [0, 0.1) is 11.8 Å². The molecule has 0 spiro atoms. The molecule has 5 nitrogen and oxygen atoms in total. The Hall–Kier alpha value is -1.43. The second-order valence-electron chi connectivity index (χ2n) is 4.84. The SMILES string of the molecule is CC1CCC(NC(=O)c2nc(C(=O)O)cs2)C1C. The molecule has 1 aliphatic carbocycles. The zero-order chi connectivity index (χ0) is 13.3. The molecule has 0 bridgehead atoms. The van der Waals surface area contributed by atoms with Gasteiger partial charge in [0, 0.05) is 11.4 Å². The minimum Gasteiger partial charge on any atom is -0.476 e. The maximum atomic E-state index is 11.9. The van der Waals surface area contributed by atoms with Gasteiger partial charge in [-0.05, 0) is 24.7 Å². The Morgan fingerprint density at radius 2 is 2.17 bits per heavy atom. The van der Waals surface area contributed by atoms with Crippen molar-refractivity contribution in [2.75, 3.05) is 0 Å². The van der Waals surface area contributed by atoms with Crippen molar-refractivity contribution in [3.8, 4) is 0 Å². The van der Waals surface area contributed by atoms with E-state index in [1.54, 1.807) is 0 Å². The Morgan fingerprint density at radius 1 is 1.44 bits per heavy atom. The molecule has 1 aromatic rings. The average Bonchev–Trinajstić information content (AvgIpc) is 2.91. The zero-order valence-electron chi connectivity index (χ0n) is 10.3. The third-order valence-electron chi connectivity index (χ3n) is 3.70. The molecule has 2 N–H and O–H groups in total. The van der Waals surface area contributed by atoms with Crippen LogP contribution in [0.5, 0.6) is 0 Å². The molecule has 1 heterocycles. The van der Waals surface area contributed by atoms with E-state index in [4.69, 9.17) is 5.11 Å². The molecule has 1 amide bonds. The molecule has 18 heavy (non-hydrogen) atoms. The molecule has 1 aliphatic rings. The van der Waals surface area contributed by atoms with Gasteiger partial charge in [0.1, 0.15) is 0 Å². The van der Waals surface area contributed by atoms with E-state index in [0.717, 1.165) is 24.2 Å². The van der Waals surface area contributed by atoms with Crippen molar-refractivity contribution in [2.24, 2.45) is 11.8 Å². The fraction of sp³-hybridized carbons (Fsp3) is 0.583. The fourth-order valence-corrected chi connectivity index (χ4v) is 2.97. The Balaban J connectivity index is 2.01. The van der Waals surface area contributed by atoms with Crippen LogP contribution >= 0.6 is 11.3 Å². The number of carboxylic acid groups (broad SMARTS) is 1. The topological polar surface area (TPSA) is 79.3 Å². The number of amides is 1. The number of carboxylic acids is 1. The molecular weight excluding hydrogens is 252 g/mol. The molecule has 98 valence electrons. The summed E-state index contributed by atoms with van der Waals surface area (Å²) in [4.78, 5) is 26.4. The first kappa shape index (κ1) is 13.0. The maximum absolute atomic E-state index is 11.9. The smallest absolute Gasteiger partial charge is 0.355 e. The Morgan fingerprint density at radius 3 is 2.67 bits per heavy atom. The lowest BCUT2D eigenvalue weighted by molar-refractivity contribution is 0.0691. The summed E-state index contributed by atoms with van der Waals surface area (Å²) in [5, 5.41) is 13.3. The van der Waals surface area contributed by atoms with Crippen molar-refractivity contribution >= 4 is 23.2 Å². The minimum atomic E-state index is -1.10. The summed E-state index contributed by atoms with van der Waals surface area (Å²) in [5.74, 6) is -0.305. The van der Waals surface area contributed by atoms with Gasteiger partial charge in [0.05, 0.1) is 0 Å². The summed E-state index contributed by atoms with van der Waals surface area (Å²) in [5.41, 5.74) is -0.0713. The number of aromatic carboxylic acids is 1. The highest BCUT2D eigenvalue weighted by Crippen LogP contribution is 2.31. The van der Waals surface area contributed by atoms with E-state index in [0.29, 0.717) is 11.8 Å². The summed E-state index contributed by atoms with van der Waals surface area (Å²) >= 11 is 1.07. The average molecular weight is 268 g/mol. The largest absolute Gasteiger partial charge is 0.476 e. The predicted molar refractivity (Wildman–Crippen MR) is 67.9 cm³/mol. The summed E-state index contributed by atoms with van der Waals surface area (Å²) in [6.45, 7) is 4.32. The third kappa shape index (κ3) is 2.53. The van der Waals surface area contributed by atoms with Gasteiger partial charge in [-0.15, -0.1) is 11.3 Å². The van der Waals surface area contributed by atoms with Crippen LogP contribution in [-0.4, -0.2) is 28.0 Å². The summed E-state index contributed by atoms with van der Waals surface area (Å²) in [6, 6.07) is 0.171. The van der Waals surface area contributed by atoms with Crippen LogP contribution < -0.4 is 5.32 Å². The molecular formula is C12H16N2O3S. The second kappa shape index (κ2) is 5.06. The zero-order valence-corrected chi connectivity index (χ0v) is 11.2. The van der Waals surface area contributed by atoms with Gasteiger partial charge in [0.2, 0.25) is 0 Å². The first-order chi connectivity index (χ1) is 8.49. The van der Waals surface area contributed by atoms with Crippen LogP contribution in [0.15, 0.2) is 5.38 Å². The Bertz CT molecular complexity index is 472. The number of hydrogen-bond acceptors (Lipinski definition) is 4. The third-order valence-corrected chi connectivity index (χ3v) is 4.54. The van der Waals surface area contributed by atoms with Crippen molar-refractivity contribution in [1.82, 2.24) is 10.3 Å². The molecule has 3 atom stereocenters. The highest BCUT2D eigenvalue weighted by Gasteiger charge is 2.31. The second-order valence-corrected chi connectivity index (χ2v) is 5.69. The van der Waals surface area contributed by atoms with Crippen molar-refractivity contribution < 1.29 is 14.7 Å². The van der Waals surface area contributed by atoms with Gasteiger partial charge in [-0.1, -0.05) is 13.8 Å². The van der Waals surface area contributed by atoms with Crippen molar-refractivity contribution in [3.63, 3.8) is 0 Å². The van der Waals surface area contributed by atoms with E-state index in [2.05, 4.69) is 24.1 Å². The Labute approximate surface area is 109 Å².